The third-order valence-electron chi connectivity index (χ3n) is 3.40. The predicted octanol–water partition coefficient (Wildman–Crippen LogP) is 0.912. The molecule has 1 fully saturated rings. The third-order valence-corrected chi connectivity index (χ3v) is 3.40. The van der Waals surface area contributed by atoms with Gasteiger partial charge in [0, 0.05) is 25.3 Å². The maximum absolute atomic E-state index is 9.16. The van der Waals surface area contributed by atoms with Crippen LogP contribution < -0.4 is 10.2 Å². The minimum Gasteiger partial charge on any atom is -0.394 e. The summed E-state index contributed by atoms with van der Waals surface area (Å²) in [4.78, 5) is 2.28. The quantitative estimate of drug-likeness (QED) is 0.834. The van der Waals surface area contributed by atoms with E-state index in [9.17, 15) is 0 Å². The molecule has 1 atom stereocenters. The first-order valence-corrected chi connectivity index (χ1v) is 6.46. The number of nitrogens with one attached hydrogen (secondary N) is 1. The number of aryl methyl sites for hydroxylation is 1. The van der Waals surface area contributed by atoms with Crippen LogP contribution in [-0.2, 0) is 11.3 Å². The molecule has 2 rings (SSSR count). The van der Waals surface area contributed by atoms with Gasteiger partial charge in [0.2, 0.25) is 0 Å². The van der Waals surface area contributed by atoms with Gasteiger partial charge in [0.1, 0.15) is 0 Å². The van der Waals surface area contributed by atoms with E-state index in [0.717, 1.165) is 19.6 Å². The van der Waals surface area contributed by atoms with Crippen molar-refractivity contribution in [2.45, 2.75) is 19.6 Å². The minimum atomic E-state index is -0.0592. The third kappa shape index (κ3) is 3.02. The second-order valence-electron chi connectivity index (χ2n) is 4.76. The fraction of sp³-hybridized carbons (Fsp3) is 0.571. The SMILES string of the molecule is CNCc1ccc(N2CCOC(CO)C2)cc1C. The highest BCUT2D eigenvalue weighted by atomic mass is 16.5. The van der Waals surface area contributed by atoms with Crippen molar-refractivity contribution in [1.29, 1.82) is 0 Å². The van der Waals surface area contributed by atoms with Crippen LogP contribution in [0, 0.1) is 6.92 Å². The maximum atomic E-state index is 9.16. The van der Waals surface area contributed by atoms with E-state index in [1.165, 1.54) is 16.8 Å². The van der Waals surface area contributed by atoms with Gasteiger partial charge in [-0.3, -0.25) is 0 Å². The summed E-state index contributed by atoms with van der Waals surface area (Å²) in [7, 11) is 1.96. The molecule has 0 radical (unpaired) electrons. The van der Waals surface area contributed by atoms with Crippen molar-refractivity contribution in [1.82, 2.24) is 5.32 Å². The Kier molecular flexibility index (Phi) is 4.58. The molecule has 1 aromatic carbocycles. The zero-order valence-electron chi connectivity index (χ0n) is 11.1. The van der Waals surface area contributed by atoms with Crippen LogP contribution in [0.3, 0.4) is 0 Å². The number of ether oxygens (including phenoxy) is 1. The van der Waals surface area contributed by atoms with Crippen LogP contribution in [0.2, 0.25) is 0 Å². The van der Waals surface area contributed by atoms with Crippen molar-refractivity contribution >= 4 is 5.69 Å². The zero-order chi connectivity index (χ0) is 13.0. The van der Waals surface area contributed by atoms with Crippen LogP contribution in [0.5, 0.6) is 0 Å². The van der Waals surface area contributed by atoms with Crippen molar-refractivity contribution in [3.8, 4) is 0 Å². The molecule has 1 saturated heterocycles. The number of hydrogen-bond acceptors (Lipinski definition) is 4. The summed E-state index contributed by atoms with van der Waals surface area (Å²) in [6.07, 6.45) is -0.0592. The molecule has 0 saturated carbocycles. The molecule has 0 spiro atoms. The molecule has 1 aromatic rings. The van der Waals surface area contributed by atoms with Crippen molar-refractivity contribution in [3.63, 3.8) is 0 Å². The van der Waals surface area contributed by atoms with E-state index in [1.54, 1.807) is 0 Å². The molecule has 2 N–H and O–H groups in total. The monoisotopic (exact) mass is 250 g/mol. The maximum Gasteiger partial charge on any atom is 0.0980 e. The average molecular weight is 250 g/mol. The van der Waals surface area contributed by atoms with Gasteiger partial charge in [-0.25, -0.2) is 0 Å². The topological polar surface area (TPSA) is 44.7 Å². The number of aliphatic hydroxyl groups excluding tert-OH is 1. The van der Waals surface area contributed by atoms with E-state index in [1.807, 2.05) is 7.05 Å². The summed E-state index contributed by atoms with van der Waals surface area (Å²) < 4.78 is 5.47. The molecule has 0 amide bonds. The molecular formula is C14H22N2O2. The van der Waals surface area contributed by atoms with Crippen LogP contribution in [-0.4, -0.2) is 44.6 Å². The second kappa shape index (κ2) is 6.18. The van der Waals surface area contributed by atoms with Gasteiger partial charge in [-0.05, 0) is 37.2 Å². The van der Waals surface area contributed by atoms with Crippen LogP contribution in [0.15, 0.2) is 18.2 Å². The molecule has 1 unspecified atom stereocenters. The van der Waals surface area contributed by atoms with Gasteiger partial charge in [-0.1, -0.05) is 6.07 Å². The van der Waals surface area contributed by atoms with Crippen LogP contribution >= 0.6 is 0 Å². The van der Waals surface area contributed by atoms with Gasteiger partial charge in [-0.15, -0.1) is 0 Å². The standard InChI is InChI=1S/C14H22N2O2/c1-11-7-13(4-3-12(11)8-15-2)16-5-6-18-14(9-16)10-17/h3-4,7,14-15,17H,5-6,8-10H2,1-2H3. The van der Waals surface area contributed by atoms with Crippen LogP contribution in [0.4, 0.5) is 5.69 Å². The van der Waals surface area contributed by atoms with Gasteiger partial charge in [0.15, 0.2) is 0 Å². The number of morpholine rings is 1. The lowest BCUT2D eigenvalue weighted by molar-refractivity contribution is 0.00356. The van der Waals surface area contributed by atoms with Gasteiger partial charge >= 0.3 is 0 Å². The summed E-state index contributed by atoms with van der Waals surface area (Å²) in [5.74, 6) is 0. The number of aliphatic hydroxyl groups is 1. The Morgan fingerprint density at radius 1 is 1.50 bits per heavy atom. The van der Waals surface area contributed by atoms with E-state index >= 15 is 0 Å². The van der Waals surface area contributed by atoms with Crippen molar-refractivity contribution in [2.75, 3.05) is 38.3 Å². The molecule has 4 nitrogen and oxygen atoms in total. The molecule has 0 aromatic heterocycles. The molecule has 1 heterocycles. The lowest BCUT2D eigenvalue weighted by Gasteiger charge is -2.34. The van der Waals surface area contributed by atoms with Gasteiger partial charge in [-0.2, -0.15) is 0 Å². The highest BCUT2D eigenvalue weighted by molar-refractivity contribution is 5.51. The molecule has 1 aliphatic heterocycles. The zero-order valence-corrected chi connectivity index (χ0v) is 11.1. The van der Waals surface area contributed by atoms with Gasteiger partial charge in [0.05, 0.1) is 19.3 Å². The van der Waals surface area contributed by atoms with Crippen LogP contribution in [0.25, 0.3) is 0 Å². The highest BCUT2D eigenvalue weighted by Crippen LogP contribution is 2.21. The summed E-state index contributed by atoms with van der Waals surface area (Å²) >= 11 is 0. The van der Waals surface area contributed by atoms with Crippen LogP contribution in [0.1, 0.15) is 11.1 Å². The number of anilines is 1. The normalized spacial score (nSPS) is 20.2. The Balaban J connectivity index is 2.10. The first-order valence-electron chi connectivity index (χ1n) is 6.46. The average Bonchev–Trinajstić information content (AvgIpc) is 2.41. The summed E-state index contributed by atoms with van der Waals surface area (Å²) in [6.45, 7) is 5.47. The van der Waals surface area contributed by atoms with E-state index in [2.05, 4.69) is 35.3 Å². The lowest BCUT2D eigenvalue weighted by atomic mass is 10.1. The lowest BCUT2D eigenvalue weighted by Crippen LogP contribution is -2.44. The minimum absolute atomic E-state index is 0.0592. The van der Waals surface area contributed by atoms with E-state index in [4.69, 9.17) is 9.84 Å². The Hall–Kier alpha value is -1.10. The van der Waals surface area contributed by atoms with Gasteiger partial charge < -0.3 is 20.1 Å². The smallest absolute Gasteiger partial charge is 0.0980 e. The number of benzene rings is 1. The molecule has 18 heavy (non-hydrogen) atoms. The first kappa shape index (κ1) is 13.3. The fourth-order valence-corrected chi connectivity index (χ4v) is 2.33. The number of nitrogens with zero attached hydrogens (tertiary/aromatic N) is 1. The fourth-order valence-electron chi connectivity index (χ4n) is 2.33. The first-order chi connectivity index (χ1) is 8.74. The van der Waals surface area contributed by atoms with Crippen molar-refractivity contribution < 1.29 is 9.84 Å². The summed E-state index contributed by atoms with van der Waals surface area (Å²) in [6, 6.07) is 6.54. The summed E-state index contributed by atoms with van der Waals surface area (Å²) in [5.41, 5.74) is 3.84. The van der Waals surface area contributed by atoms with Crippen molar-refractivity contribution in [2.24, 2.45) is 0 Å². The molecule has 4 heteroatoms. The van der Waals surface area contributed by atoms with E-state index in [-0.39, 0.29) is 12.7 Å². The van der Waals surface area contributed by atoms with Gasteiger partial charge in [0.25, 0.3) is 0 Å². The van der Waals surface area contributed by atoms with E-state index in [0.29, 0.717) is 6.61 Å². The Labute approximate surface area is 109 Å². The Morgan fingerprint density at radius 3 is 3.00 bits per heavy atom. The number of hydrogen-bond donors (Lipinski definition) is 2. The molecule has 100 valence electrons. The second-order valence-corrected chi connectivity index (χ2v) is 4.76. The number of rotatable bonds is 4. The van der Waals surface area contributed by atoms with E-state index < -0.39 is 0 Å². The van der Waals surface area contributed by atoms with Crippen molar-refractivity contribution in [3.05, 3.63) is 29.3 Å². The summed E-state index contributed by atoms with van der Waals surface area (Å²) in [5, 5.41) is 12.3. The highest BCUT2D eigenvalue weighted by Gasteiger charge is 2.20. The Morgan fingerprint density at radius 2 is 2.33 bits per heavy atom. The Bertz CT molecular complexity index is 395. The predicted molar refractivity (Wildman–Crippen MR) is 73.0 cm³/mol. The molecule has 0 aliphatic carbocycles. The molecule has 1 aliphatic rings. The molecular weight excluding hydrogens is 228 g/mol. The largest absolute Gasteiger partial charge is 0.394 e. The molecule has 0 bridgehead atoms.